The minimum Gasteiger partial charge on any atom is -0.463 e. The van der Waals surface area contributed by atoms with Gasteiger partial charge in [0.15, 0.2) is 36.8 Å². The van der Waals surface area contributed by atoms with Crippen LogP contribution in [0.2, 0.25) is 0 Å². The van der Waals surface area contributed by atoms with E-state index in [9.17, 15) is 42.3 Å². The molecule has 11 atom stereocenters. The molecule has 1 unspecified atom stereocenters. The second-order valence-electron chi connectivity index (χ2n) is 12.5. The van der Waals surface area contributed by atoms with E-state index in [0.717, 1.165) is 41.5 Å². The maximum Gasteiger partial charge on any atom is 0.303 e. The zero-order valence-electron chi connectivity index (χ0n) is 31.1. The summed E-state index contributed by atoms with van der Waals surface area (Å²) in [6, 6.07) is 7.99. The molecule has 0 saturated carbocycles. The average Bonchev–Trinajstić information content (AvgIpc) is 3.07. The number of ether oxygens (including phenoxy) is 9. The number of halogens is 1. The number of hydrogen-bond acceptors (Lipinski definition) is 19. The highest BCUT2D eigenvalue weighted by atomic mass is 35.5. The van der Waals surface area contributed by atoms with Crippen molar-refractivity contribution < 1.29 is 89.1 Å². The number of rotatable bonds is 16. The molecule has 0 bridgehead atoms. The first-order valence-electron chi connectivity index (χ1n) is 16.9. The minimum absolute atomic E-state index is 0.00510. The van der Waals surface area contributed by atoms with Crippen molar-refractivity contribution >= 4 is 57.5 Å². The molecule has 0 aliphatic carbocycles. The monoisotopic (exact) mass is 824 g/mol. The highest BCUT2D eigenvalue weighted by Gasteiger charge is 2.63. The Bertz CT molecular complexity index is 1640. The molecule has 19 nitrogen and oxygen atoms in total. The summed E-state index contributed by atoms with van der Waals surface area (Å²) in [6.45, 7) is 5.95. The number of esters is 6. The third-order valence-electron chi connectivity index (χ3n) is 7.98. The third kappa shape index (κ3) is 12.8. The Labute approximate surface area is 322 Å². The Kier molecular flexibility index (Phi) is 16.4. The molecule has 2 aliphatic rings. The maximum atomic E-state index is 13.1. The van der Waals surface area contributed by atoms with Gasteiger partial charge in [-0.15, -0.1) is 11.6 Å². The van der Waals surface area contributed by atoms with Crippen molar-refractivity contribution in [3.63, 3.8) is 0 Å². The Balaban J connectivity index is 2.19. The largest absolute Gasteiger partial charge is 0.463 e. The van der Waals surface area contributed by atoms with E-state index in [0.29, 0.717) is 5.56 Å². The van der Waals surface area contributed by atoms with Crippen LogP contribution in [0.1, 0.15) is 60.5 Å². The Morgan fingerprint density at radius 2 is 1.25 bits per heavy atom. The van der Waals surface area contributed by atoms with Gasteiger partial charge in [-0.3, -0.25) is 33.0 Å². The molecule has 0 amide bonds. The third-order valence-corrected chi connectivity index (χ3v) is 9.78. The van der Waals surface area contributed by atoms with Crippen molar-refractivity contribution in [3.8, 4) is 0 Å². The van der Waals surface area contributed by atoms with Crippen molar-refractivity contribution in [1.82, 2.24) is 0 Å². The van der Waals surface area contributed by atoms with Gasteiger partial charge in [-0.25, -0.2) is 0 Å². The highest BCUT2D eigenvalue weighted by molar-refractivity contribution is 7.85. The van der Waals surface area contributed by atoms with Crippen molar-refractivity contribution in [2.75, 3.05) is 13.2 Å². The molecule has 0 radical (unpaired) electrons. The van der Waals surface area contributed by atoms with E-state index in [2.05, 4.69) is 0 Å². The van der Waals surface area contributed by atoms with Gasteiger partial charge < -0.3 is 47.7 Å². The van der Waals surface area contributed by atoms with E-state index in [1.807, 2.05) is 0 Å². The van der Waals surface area contributed by atoms with Crippen molar-refractivity contribution in [3.05, 3.63) is 35.9 Å². The van der Waals surface area contributed by atoms with E-state index >= 15 is 0 Å². The molecular weight excluding hydrogens is 780 g/mol. The van der Waals surface area contributed by atoms with Gasteiger partial charge in [-0.05, 0) is 12.0 Å². The molecule has 2 saturated heterocycles. The molecule has 2 heterocycles. The molecule has 1 aromatic rings. The average molecular weight is 825 g/mol. The fraction of sp³-hybridized carbons (Fsp3) is 0.647. The van der Waals surface area contributed by atoms with E-state index in [1.165, 1.54) is 0 Å². The summed E-state index contributed by atoms with van der Waals surface area (Å²) in [5.41, 5.74) is 0.370. The fourth-order valence-corrected chi connectivity index (χ4v) is 7.13. The van der Waals surface area contributed by atoms with Crippen molar-refractivity contribution in [1.29, 1.82) is 0 Å². The highest BCUT2D eigenvalue weighted by Crippen LogP contribution is 2.41. The lowest BCUT2D eigenvalue weighted by Gasteiger charge is -2.52. The maximum absolute atomic E-state index is 13.1. The van der Waals surface area contributed by atoms with Crippen LogP contribution in [0.3, 0.4) is 0 Å². The van der Waals surface area contributed by atoms with Gasteiger partial charge in [0.05, 0.1) is 12.0 Å². The molecule has 1 N–H and O–H groups in total. The van der Waals surface area contributed by atoms with Crippen molar-refractivity contribution in [2.45, 2.75) is 127 Å². The molecule has 21 heteroatoms. The minimum atomic E-state index is -4.36. The normalized spacial score (nSPS) is 29.9. The van der Waals surface area contributed by atoms with Gasteiger partial charge >= 0.3 is 35.8 Å². The van der Waals surface area contributed by atoms with Crippen LogP contribution in [0.5, 0.6) is 0 Å². The second kappa shape index (κ2) is 19.8. The van der Waals surface area contributed by atoms with Gasteiger partial charge in [0.25, 0.3) is 10.1 Å². The van der Waals surface area contributed by atoms with Gasteiger partial charge in [-0.2, -0.15) is 8.42 Å². The van der Waals surface area contributed by atoms with E-state index in [1.54, 1.807) is 37.3 Å². The molecule has 0 spiro atoms. The number of alkyl halides is 1. The van der Waals surface area contributed by atoms with Crippen LogP contribution in [0.4, 0.5) is 0 Å². The molecule has 1 aromatic carbocycles. The SMILES string of the molecule is CCC(Cl)[C@@]1(O)O[C@H](COC(C)=O)[C@@H](O[C@@H]2O[C@H](COS(=O)(=O)Cc3ccccc3)[C@H](OC(C)=O)[C@H](OC(C)=O)[C@H]2OC(C)=O)[C@H](OC(C)=O)[C@H]1OC(C)=O. The number of aliphatic hydroxyl groups is 1. The Morgan fingerprint density at radius 1 is 0.727 bits per heavy atom. The van der Waals surface area contributed by atoms with Crippen LogP contribution >= 0.6 is 11.6 Å². The van der Waals surface area contributed by atoms with Crippen LogP contribution < -0.4 is 0 Å². The zero-order chi connectivity index (χ0) is 41.2. The number of benzene rings is 1. The molecule has 308 valence electrons. The Hall–Kier alpha value is -3.92. The molecule has 2 aliphatic heterocycles. The van der Waals surface area contributed by atoms with Crippen LogP contribution in [-0.4, -0.2) is 129 Å². The summed E-state index contributed by atoms with van der Waals surface area (Å²) in [7, 11) is -4.36. The molecular formula is C34H45ClO19S. The van der Waals surface area contributed by atoms with E-state index < -0.39 is 131 Å². The predicted octanol–water partition coefficient (Wildman–Crippen LogP) is 0.970. The van der Waals surface area contributed by atoms with Gasteiger partial charge in [0.1, 0.15) is 30.7 Å². The van der Waals surface area contributed by atoms with Gasteiger partial charge in [-0.1, -0.05) is 37.3 Å². The standard InChI is InChI=1S/C34H45ClO19S/c1-8-26(35)34(42)32(51-22(7)41)30(49-20(5)39)28(25(54-34)14-45-17(2)36)53-33-31(50-21(6)40)29(48-19(4)38)27(47-18(3)37)24(52-33)15-46-55(43,44)16-23-12-10-9-11-13-23/h9-13,24-33,42H,8,14-16H2,1-7H3/t24-,25-,26?,27+,28-,29+,30+,31-,32-,33+,34-/m1/s1. The summed E-state index contributed by atoms with van der Waals surface area (Å²) in [5.74, 6) is -8.91. The quantitative estimate of drug-likeness (QED) is 0.106. The molecule has 3 rings (SSSR count). The summed E-state index contributed by atoms with van der Waals surface area (Å²) in [6.07, 6.45) is -16.1. The summed E-state index contributed by atoms with van der Waals surface area (Å²) in [4.78, 5) is 74.2. The molecule has 2 fully saturated rings. The number of carbonyl (C=O) groups is 6. The lowest BCUT2D eigenvalue weighted by Crippen LogP contribution is -2.72. The lowest BCUT2D eigenvalue weighted by molar-refractivity contribution is -0.383. The Morgan fingerprint density at radius 3 is 1.78 bits per heavy atom. The van der Waals surface area contributed by atoms with Crippen LogP contribution in [0.15, 0.2) is 30.3 Å². The van der Waals surface area contributed by atoms with Gasteiger partial charge in [0.2, 0.25) is 5.79 Å². The van der Waals surface area contributed by atoms with Crippen molar-refractivity contribution in [2.24, 2.45) is 0 Å². The first-order chi connectivity index (χ1) is 25.7. The summed E-state index contributed by atoms with van der Waals surface area (Å²) >= 11 is 6.49. The lowest BCUT2D eigenvalue weighted by atomic mass is 9.88. The number of hydrogen-bond donors (Lipinski definition) is 1. The predicted molar refractivity (Wildman–Crippen MR) is 183 cm³/mol. The van der Waals surface area contributed by atoms with Crippen LogP contribution in [0, 0.1) is 0 Å². The molecule has 0 aromatic heterocycles. The van der Waals surface area contributed by atoms with Crippen LogP contribution in [-0.2, 0) is 91.5 Å². The molecule has 55 heavy (non-hydrogen) atoms. The first kappa shape index (κ1) is 45.5. The fourth-order valence-electron chi connectivity index (χ4n) is 5.93. The van der Waals surface area contributed by atoms with E-state index in [4.69, 9.17) is 58.4 Å². The zero-order valence-corrected chi connectivity index (χ0v) is 32.6. The van der Waals surface area contributed by atoms with Crippen LogP contribution in [0.25, 0.3) is 0 Å². The summed E-state index contributed by atoms with van der Waals surface area (Å²) in [5, 5.41) is 10.5. The number of carbonyl (C=O) groups excluding carboxylic acids is 6. The summed E-state index contributed by atoms with van der Waals surface area (Å²) < 4.78 is 82.2. The second-order valence-corrected chi connectivity index (χ2v) is 14.7. The van der Waals surface area contributed by atoms with Gasteiger partial charge in [0, 0.05) is 41.5 Å². The van der Waals surface area contributed by atoms with E-state index in [-0.39, 0.29) is 6.42 Å². The topological polar surface area (TPSA) is 249 Å². The first-order valence-corrected chi connectivity index (χ1v) is 18.9. The smallest absolute Gasteiger partial charge is 0.303 e.